The van der Waals surface area contributed by atoms with E-state index in [4.69, 9.17) is 5.11 Å². The van der Waals surface area contributed by atoms with E-state index in [1.807, 2.05) is 19.1 Å². The smallest absolute Gasteiger partial charge is 0.0632 e. The van der Waals surface area contributed by atoms with Crippen LogP contribution in [0.2, 0.25) is 0 Å². The highest BCUT2D eigenvalue weighted by Crippen LogP contribution is 2.06. The second-order valence-corrected chi connectivity index (χ2v) is 2.67. The summed E-state index contributed by atoms with van der Waals surface area (Å²) in [5.41, 5.74) is 1.01. The van der Waals surface area contributed by atoms with Gasteiger partial charge in [0.2, 0.25) is 0 Å². The molecule has 0 amide bonds. The number of aliphatic hydroxyl groups excluding tert-OH is 1. The van der Waals surface area contributed by atoms with Crippen LogP contribution >= 0.6 is 0 Å². The zero-order valence-electron chi connectivity index (χ0n) is 7.20. The van der Waals surface area contributed by atoms with E-state index in [1.165, 1.54) is 0 Å². The van der Waals surface area contributed by atoms with Crippen LogP contribution in [0.1, 0.15) is 13.3 Å². The van der Waals surface area contributed by atoms with Gasteiger partial charge in [0.25, 0.3) is 0 Å². The van der Waals surface area contributed by atoms with Crippen molar-refractivity contribution >= 4 is 5.69 Å². The van der Waals surface area contributed by atoms with Crippen molar-refractivity contribution in [1.29, 1.82) is 0 Å². The molecule has 3 nitrogen and oxygen atoms in total. The van der Waals surface area contributed by atoms with Gasteiger partial charge < -0.3 is 10.4 Å². The Kier molecular flexibility index (Phi) is 3.54. The third-order valence-electron chi connectivity index (χ3n) is 1.76. The first-order chi connectivity index (χ1) is 5.86. The van der Waals surface area contributed by atoms with Gasteiger partial charge in [0.05, 0.1) is 6.61 Å². The lowest BCUT2D eigenvalue weighted by molar-refractivity contribution is 0.272. The second-order valence-electron chi connectivity index (χ2n) is 2.67. The first kappa shape index (κ1) is 9.00. The molecule has 1 unspecified atom stereocenters. The third kappa shape index (κ3) is 2.51. The van der Waals surface area contributed by atoms with Crippen molar-refractivity contribution in [3.63, 3.8) is 0 Å². The minimum Gasteiger partial charge on any atom is -0.394 e. The molecule has 1 heterocycles. The number of anilines is 1. The van der Waals surface area contributed by atoms with Crippen molar-refractivity contribution in [2.24, 2.45) is 0 Å². The number of hydrogen-bond acceptors (Lipinski definition) is 3. The summed E-state index contributed by atoms with van der Waals surface area (Å²) in [7, 11) is 0. The molecular weight excluding hydrogens is 152 g/mol. The average molecular weight is 166 g/mol. The SMILES string of the molecule is CCC(CO)Nc1ccncc1. The molecule has 0 fully saturated rings. The van der Waals surface area contributed by atoms with E-state index in [2.05, 4.69) is 10.3 Å². The van der Waals surface area contributed by atoms with Crippen molar-refractivity contribution in [2.75, 3.05) is 11.9 Å². The lowest BCUT2D eigenvalue weighted by atomic mass is 10.2. The predicted molar refractivity (Wildman–Crippen MR) is 49.0 cm³/mol. The van der Waals surface area contributed by atoms with Gasteiger partial charge in [-0.1, -0.05) is 6.92 Å². The Morgan fingerprint density at radius 2 is 2.17 bits per heavy atom. The summed E-state index contributed by atoms with van der Waals surface area (Å²) in [5, 5.41) is 12.1. The number of nitrogens with one attached hydrogen (secondary N) is 1. The van der Waals surface area contributed by atoms with E-state index >= 15 is 0 Å². The third-order valence-corrected chi connectivity index (χ3v) is 1.76. The van der Waals surface area contributed by atoms with Gasteiger partial charge in [0.15, 0.2) is 0 Å². The standard InChI is InChI=1S/C9H14N2O/c1-2-8(7-12)11-9-3-5-10-6-4-9/h3-6,8,12H,2,7H2,1H3,(H,10,11). The van der Waals surface area contributed by atoms with Gasteiger partial charge in [0, 0.05) is 24.1 Å². The predicted octanol–water partition coefficient (Wildman–Crippen LogP) is 1.26. The molecule has 1 aromatic rings. The van der Waals surface area contributed by atoms with Crippen molar-refractivity contribution in [3.05, 3.63) is 24.5 Å². The van der Waals surface area contributed by atoms with Gasteiger partial charge in [-0.15, -0.1) is 0 Å². The summed E-state index contributed by atoms with van der Waals surface area (Å²) in [6, 6.07) is 3.92. The van der Waals surface area contributed by atoms with Crippen LogP contribution in [-0.4, -0.2) is 22.7 Å². The second kappa shape index (κ2) is 4.72. The van der Waals surface area contributed by atoms with Crippen molar-refractivity contribution in [1.82, 2.24) is 4.98 Å². The van der Waals surface area contributed by atoms with Gasteiger partial charge in [-0.25, -0.2) is 0 Å². The van der Waals surface area contributed by atoms with Gasteiger partial charge in [-0.2, -0.15) is 0 Å². The van der Waals surface area contributed by atoms with E-state index in [0.29, 0.717) is 0 Å². The molecule has 2 N–H and O–H groups in total. The molecule has 12 heavy (non-hydrogen) atoms. The Labute approximate surface area is 72.5 Å². The average Bonchev–Trinajstić information content (AvgIpc) is 2.16. The van der Waals surface area contributed by atoms with Crippen molar-refractivity contribution < 1.29 is 5.11 Å². The Balaban J connectivity index is 2.51. The van der Waals surface area contributed by atoms with Crippen LogP contribution in [0.5, 0.6) is 0 Å². The highest BCUT2D eigenvalue weighted by atomic mass is 16.3. The number of aromatic nitrogens is 1. The molecule has 0 aliphatic heterocycles. The molecular formula is C9H14N2O. The number of hydrogen-bond donors (Lipinski definition) is 2. The molecule has 66 valence electrons. The Morgan fingerprint density at radius 3 is 2.67 bits per heavy atom. The Hall–Kier alpha value is -1.09. The quantitative estimate of drug-likeness (QED) is 0.708. The first-order valence-corrected chi connectivity index (χ1v) is 4.14. The van der Waals surface area contributed by atoms with Gasteiger partial charge in [0.1, 0.15) is 0 Å². The zero-order chi connectivity index (χ0) is 8.81. The highest BCUT2D eigenvalue weighted by molar-refractivity contribution is 5.41. The van der Waals surface area contributed by atoms with Crippen LogP contribution in [0.3, 0.4) is 0 Å². The minimum atomic E-state index is 0.146. The summed E-state index contributed by atoms with van der Waals surface area (Å²) >= 11 is 0. The van der Waals surface area contributed by atoms with Crippen LogP contribution in [-0.2, 0) is 0 Å². The Bertz CT molecular complexity index is 209. The normalized spacial score (nSPS) is 12.5. The topological polar surface area (TPSA) is 45.1 Å². The van der Waals surface area contributed by atoms with E-state index in [0.717, 1.165) is 12.1 Å². The molecule has 0 saturated heterocycles. The molecule has 0 aromatic carbocycles. The van der Waals surface area contributed by atoms with Gasteiger partial charge in [-0.3, -0.25) is 4.98 Å². The fourth-order valence-electron chi connectivity index (χ4n) is 0.961. The number of aliphatic hydroxyl groups is 1. The van der Waals surface area contributed by atoms with E-state index < -0.39 is 0 Å². The number of rotatable bonds is 4. The fourth-order valence-corrected chi connectivity index (χ4v) is 0.961. The maximum atomic E-state index is 8.91. The summed E-state index contributed by atoms with van der Waals surface area (Å²) in [6.45, 7) is 2.20. The van der Waals surface area contributed by atoms with E-state index in [1.54, 1.807) is 12.4 Å². The minimum absolute atomic E-state index is 0.146. The summed E-state index contributed by atoms with van der Waals surface area (Å²) < 4.78 is 0. The summed E-state index contributed by atoms with van der Waals surface area (Å²) in [6.07, 6.45) is 4.37. The molecule has 0 aliphatic carbocycles. The monoisotopic (exact) mass is 166 g/mol. The maximum absolute atomic E-state index is 8.91. The number of pyridine rings is 1. The molecule has 0 aliphatic rings. The van der Waals surface area contributed by atoms with E-state index in [9.17, 15) is 0 Å². The highest BCUT2D eigenvalue weighted by Gasteiger charge is 2.02. The van der Waals surface area contributed by atoms with Crippen LogP contribution in [0.15, 0.2) is 24.5 Å². The zero-order valence-corrected chi connectivity index (χ0v) is 7.20. The molecule has 1 atom stereocenters. The molecule has 0 bridgehead atoms. The molecule has 0 spiro atoms. The molecule has 0 radical (unpaired) electrons. The van der Waals surface area contributed by atoms with E-state index in [-0.39, 0.29) is 12.6 Å². The fraction of sp³-hybridized carbons (Fsp3) is 0.444. The molecule has 0 saturated carbocycles. The van der Waals surface area contributed by atoms with Gasteiger partial charge >= 0.3 is 0 Å². The Morgan fingerprint density at radius 1 is 1.50 bits per heavy atom. The lowest BCUT2D eigenvalue weighted by Crippen LogP contribution is -2.22. The van der Waals surface area contributed by atoms with Crippen LogP contribution in [0, 0.1) is 0 Å². The van der Waals surface area contributed by atoms with Crippen LogP contribution in [0.25, 0.3) is 0 Å². The molecule has 1 aromatic heterocycles. The van der Waals surface area contributed by atoms with Gasteiger partial charge in [-0.05, 0) is 18.6 Å². The maximum Gasteiger partial charge on any atom is 0.0632 e. The van der Waals surface area contributed by atoms with Crippen molar-refractivity contribution in [2.45, 2.75) is 19.4 Å². The molecule has 3 heteroatoms. The van der Waals surface area contributed by atoms with Crippen LogP contribution in [0.4, 0.5) is 5.69 Å². The lowest BCUT2D eigenvalue weighted by Gasteiger charge is -2.14. The largest absolute Gasteiger partial charge is 0.394 e. The summed E-state index contributed by atoms with van der Waals surface area (Å²) in [4.78, 5) is 3.90. The van der Waals surface area contributed by atoms with Crippen LogP contribution < -0.4 is 5.32 Å². The first-order valence-electron chi connectivity index (χ1n) is 4.14. The summed E-state index contributed by atoms with van der Waals surface area (Å²) in [5.74, 6) is 0. The van der Waals surface area contributed by atoms with Crippen molar-refractivity contribution in [3.8, 4) is 0 Å². The number of nitrogens with zero attached hydrogens (tertiary/aromatic N) is 1. The molecule has 1 rings (SSSR count).